The second-order valence-electron chi connectivity index (χ2n) is 6.61. The molecular formula is C16H17F6N3O2. The summed E-state index contributed by atoms with van der Waals surface area (Å²) in [5, 5.41) is 17.3. The molecule has 11 heteroatoms. The fourth-order valence-corrected chi connectivity index (χ4v) is 2.53. The minimum Gasteiger partial charge on any atom is -0.384 e. The molecule has 1 heterocycles. The van der Waals surface area contributed by atoms with Crippen molar-refractivity contribution in [2.45, 2.75) is 38.4 Å². The van der Waals surface area contributed by atoms with Gasteiger partial charge in [-0.15, -0.1) is 0 Å². The first kappa shape index (κ1) is 21.2. The van der Waals surface area contributed by atoms with Crippen LogP contribution in [-0.2, 0) is 16.8 Å². The van der Waals surface area contributed by atoms with Gasteiger partial charge in [-0.05, 0) is 6.07 Å². The smallest absolute Gasteiger partial charge is 0.384 e. The van der Waals surface area contributed by atoms with E-state index in [1.165, 1.54) is 20.2 Å². The number of aromatic nitrogens is 3. The largest absolute Gasteiger partial charge is 0.416 e. The predicted octanol–water partition coefficient (Wildman–Crippen LogP) is 3.41. The van der Waals surface area contributed by atoms with Crippen molar-refractivity contribution in [1.82, 2.24) is 15.2 Å². The van der Waals surface area contributed by atoms with Crippen molar-refractivity contribution in [3.05, 3.63) is 47.5 Å². The molecule has 1 unspecified atom stereocenters. The lowest BCUT2D eigenvalue weighted by atomic mass is 9.69. The maximum absolute atomic E-state index is 14.3. The number of nitrogens with one attached hydrogen (secondary N) is 1. The van der Waals surface area contributed by atoms with Crippen molar-refractivity contribution >= 4 is 0 Å². The molecule has 5 nitrogen and oxygen atoms in total. The van der Waals surface area contributed by atoms with Gasteiger partial charge in [0.1, 0.15) is 23.6 Å². The van der Waals surface area contributed by atoms with E-state index in [9.17, 15) is 31.4 Å². The third kappa shape index (κ3) is 4.41. The van der Waals surface area contributed by atoms with Gasteiger partial charge in [0, 0.05) is 23.5 Å². The normalized spacial score (nSPS) is 15.2. The highest BCUT2D eigenvalue weighted by molar-refractivity contribution is 5.29. The molecule has 0 bridgehead atoms. The van der Waals surface area contributed by atoms with Crippen LogP contribution in [0.4, 0.5) is 26.3 Å². The van der Waals surface area contributed by atoms with E-state index in [-0.39, 0.29) is 5.82 Å². The van der Waals surface area contributed by atoms with Gasteiger partial charge in [0.05, 0.1) is 6.61 Å². The molecule has 27 heavy (non-hydrogen) atoms. The van der Waals surface area contributed by atoms with Crippen LogP contribution < -0.4 is 0 Å². The molecule has 2 aromatic rings. The van der Waals surface area contributed by atoms with Crippen LogP contribution in [0.2, 0.25) is 0 Å². The first-order valence-electron chi connectivity index (χ1n) is 7.71. The van der Waals surface area contributed by atoms with E-state index in [1.807, 2.05) is 0 Å². The van der Waals surface area contributed by atoms with Crippen molar-refractivity contribution in [2.24, 2.45) is 5.41 Å². The summed E-state index contributed by atoms with van der Waals surface area (Å²) in [7, 11) is 0. The van der Waals surface area contributed by atoms with Gasteiger partial charge in [-0.1, -0.05) is 19.9 Å². The maximum atomic E-state index is 14.3. The van der Waals surface area contributed by atoms with E-state index in [0.29, 0.717) is 6.07 Å². The van der Waals surface area contributed by atoms with Crippen LogP contribution in [0, 0.1) is 17.0 Å². The molecule has 0 aliphatic carbocycles. The van der Waals surface area contributed by atoms with Gasteiger partial charge in [0.2, 0.25) is 0 Å². The number of ether oxygens (including phenoxy) is 1. The fourth-order valence-electron chi connectivity index (χ4n) is 2.53. The van der Waals surface area contributed by atoms with Gasteiger partial charge in [-0.3, -0.25) is 5.10 Å². The zero-order valence-electron chi connectivity index (χ0n) is 14.3. The summed E-state index contributed by atoms with van der Waals surface area (Å²) in [6.07, 6.45) is -8.15. The quantitative estimate of drug-likeness (QED) is 0.670. The molecule has 1 aromatic carbocycles. The molecule has 0 spiro atoms. The second-order valence-corrected chi connectivity index (χ2v) is 6.61. The van der Waals surface area contributed by atoms with Gasteiger partial charge >= 0.3 is 12.5 Å². The monoisotopic (exact) mass is 397 g/mol. The summed E-state index contributed by atoms with van der Waals surface area (Å²) in [5.41, 5.74) is -4.46. The van der Waals surface area contributed by atoms with Crippen molar-refractivity contribution in [2.75, 3.05) is 6.61 Å². The zero-order chi connectivity index (χ0) is 20.5. The highest BCUT2D eigenvalue weighted by atomic mass is 19.3. The number of benzene rings is 1. The molecule has 0 aliphatic heterocycles. The van der Waals surface area contributed by atoms with E-state index in [4.69, 9.17) is 0 Å². The Morgan fingerprint density at radius 1 is 1.22 bits per heavy atom. The molecule has 0 saturated carbocycles. The highest BCUT2D eigenvalue weighted by Gasteiger charge is 2.51. The number of alkyl halides is 4. The Morgan fingerprint density at radius 3 is 2.41 bits per heavy atom. The first-order valence-corrected chi connectivity index (χ1v) is 7.71. The van der Waals surface area contributed by atoms with Gasteiger partial charge in [0.15, 0.2) is 5.82 Å². The first-order chi connectivity index (χ1) is 12.4. The summed E-state index contributed by atoms with van der Waals surface area (Å²) < 4.78 is 82.7. The Balaban J connectivity index is 2.44. The summed E-state index contributed by atoms with van der Waals surface area (Å²) in [5.74, 6) is -2.08. The van der Waals surface area contributed by atoms with Crippen LogP contribution in [0.1, 0.15) is 25.2 Å². The Labute approximate surface area is 150 Å². The van der Waals surface area contributed by atoms with Crippen molar-refractivity contribution < 1.29 is 36.2 Å². The molecule has 150 valence electrons. The van der Waals surface area contributed by atoms with E-state index in [2.05, 4.69) is 19.9 Å². The molecule has 0 aliphatic rings. The molecule has 2 N–H and O–H groups in total. The summed E-state index contributed by atoms with van der Waals surface area (Å²) in [4.78, 5) is 3.79. The Hall–Kier alpha value is -2.14. The summed E-state index contributed by atoms with van der Waals surface area (Å²) in [6.45, 7) is 1.36. The Morgan fingerprint density at radius 2 is 1.89 bits per heavy atom. The van der Waals surface area contributed by atoms with E-state index in [0.717, 1.165) is 12.1 Å². The van der Waals surface area contributed by atoms with Crippen molar-refractivity contribution in [3.63, 3.8) is 0 Å². The minimum absolute atomic E-state index is 0.00470. The zero-order valence-corrected chi connectivity index (χ0v) is 14.3. The maximum Gasteiger partial charge on any atom is 0.416 e. The number of aromatic amines is 1. The number of nitrogens with zero attached hydrogens (tertiary/aromatic N) is 2. The van der Waals surface area contributed by atoms with Gasteiger partial charge in [-0.25, -0.2) is 22.5 Å². The number of halogens is 6. The third-order valence-corrected chi connectivity index (χ3v) is 4.25. The fraction of sp³-hybridized carbons (Fsp3) is 0.500. The number of rotatable bonds is 8. The molecule has 0 saturated heterocycles. The average Bonchev–Trinajstić information content (AvgIpc) is 3.05. The summed E-state index contributed by atoms with van der Waals surface area (Å²) >= 11 is 0. The van der Waals surface area contributed by atoms with Crippen LogP contribution >= 0.6 is 0 Å². The lowest BCUT2D eigenvalue weighted by Crippen LogP contribution is -2.49. The Bertz CT molecular complexity index is 770. The molecule has 2 rings (SSSR count). The molecule has 1 aromatic heterocycles. The number of aliphatic hydroxyl groups is 1. The SMILES string of the molecule is CC(C)(COC(F)(F)C(F)F)C(O)(Cc1nc[nH]n1)c1ccc(F)cc1F. The molecule has 0 amide bonds. The van der Waals surface area contributed by atoms with Gasteiger partial charge in [-0.2, -0.15) is 13.9 Å². The lowest BCUT2D eigenvalue weighted by molar-refractivity contribution is -0.316. The molecule has 1 atom stereocenters. The molecular weight excluding hydrogens is 380 g/mol. The highest BCUT2D eigenvalue weighted by Crippen LogP contribution is 2.44. The van der Waals surface area contributed by atoms with Crippen LogP contribution in [-0.4, -0.2) is 39.4 Å². The van der Waals surface area contributed by atoms with Gasteiger partial charge < -0.3 is 9.84 Å². The van der Waals surface area contributed by atoms with Crippen LogP contribution in [0.3, 0.4) is 0 Å². The topological polar surface area (TPSA) is 71.0 Å². The van der Waals surface area contributed by atoms with Crippen molar-refractivity contribution in [1.29, 1.82) is 0 Å². The Kier molecular flexibility index (Phi) is 5.85. The van der Waals surface area contributed by atoms with Gasteiger partial charge in [0.25, 0.3) is 0 Å². The molecule has 0 radical (unpaired) electrons. The third-order valence-electron chi connectivity index (χ3n) is 4.25. The van der Waals surface area contributed by atoms with Crippen LogP contribution in [0.25, 0.3) is 0 Å². The number of hydrogen-bond acceptors (Lipinski definition) is 4. The molecule has 0 fully saturated rings. The average molecular weight is 397 g/mol. The predicted molar refractivity (Wildman–Crippen MR) is 81.0 cm³/mol. The van der Waals surface area contributed by atoms with Crippen LogP contribution in [0.5, 0.6) is 0 Å². The minimum atomic E-state index is -4.76. The number of hydrogen-bond donors (Lipinski definition) is 2. The summed E-state index contributed by atoms with van der Waals surface area (Å²) in [6, 6.07) is 2.30. The van der Waals surface area contributed by atoms with E-state index < -0.39 is 53.8 Å². The van der Waals surface area contributed by atoms with E-state index in [1.54, 1.807) is 0 Å². The standard InChI is InChI=1S/C16H17F6N3O2/c1-14(2,7-27-16(21,22)13(19)20)15(26,6-12-23-8-24-25-12)10-4-3-9(17)5-11(10)18/h3-5,8,13,26H,6-7H2,1-2H3,(H,23,24,25). The van der Waals surface area contributed by atoms with Crippen LogP contribution in [0.15, 0.2) is 24.5 Å². The lowest BCUT2D eigenvalue weighted by Gasteiger charge is -2.43. The second kappa shape index (κ2) is 7.47. The van der Waals surface area contributed by atoms with E-state index >= 15 is 0 Å². The number of H-pyrrole nitrogens is 1. The van der Waals surface area contributed by atoms with Crippen molar-refractivity contribution in [3.8, 4) is 0 Å².